The topological polar surface area (TPSA) is 75.4 Å². The number of sulfonamides is 1. The molecule has 5 nitrogen and oxygen atoms in total. The van der Waals surface area contributed by atoms with Gasteiger partial charge in [-0.2, -0.15) is 0 Å². The molecular weight excluding hydrogens is 402 g/mol. The summed E-state index contributed by atoms with van der Waals surface area (Å²) in [5.41, 5.74) is 6.65. The number of hydrogen-bond acceptors (Lipinski definition) is 4. The average molecular weight is 427 g/mol. The number of nitrogens with one attached hydrogen (secondary N) is 1. The van der Waals surface area contributed by atoms with Gasteiger partial charge in [-0.05, 0) is 52.9 Å². The van der Waals surface area contributed by atoms with Crippen LogP contribution in [-0.4, -0.2) is 35.1 Å². The molecule has 0 amide bonds. The molecule has 1 aromatic carbocycles. The Kier molecular flexibility index (Phi) is 7.80. The fraction of sp³-hybridized carbons (Fsp3) is 0.600. The van der Waals surface area contributed by atoms with Gasteiger partial charge in [0.1, 0.15) is 0 Å². The molecule has 1 aliphatic rings. The average Bonchev–Trinajstić information content (AvgIpc) is 2.98. The van der Waals surface area contributed by atoms with E-state index in [9.17, 15) is 8.42 Å². The predicted molar refractivity (Wildman–Crippen MR) is 101 cm³/mol. The van der Waals surface area contributed by atoms with Crippen molar-refractivity contribution in [3.63, 3.8) is 0 Å². The molecule has 1 aromatic rings. The minimum Gasteiger partial charge on any atom is -0.378 e. The molecule has 132 valence electrons. The molecule has 2 rings (SSSR count). The van der Waals surface area contributed by atoms with E-state index in [0.717, 1.165) is 31.4 Å². The summed E-state index contributed by atoms with van der Waals surface area (Å²) in [6.07, 6.45) is 4.40. The number of nitrogens with zero attached hydrogens (tertiary/aromatic N) is 1. The van der Waals surface area contributed by atoms with E-state index in [2.05, 4.69) is 20.7 Å². The second-order valence-electron chi connectivity index (χ2n) is 6.02. The fourth-order valence-corrected chi connectivity index (χ4v) is 5.24. The van der Waals surface area contributed by atoms with Crippen LogP contribution in [0.3, 0.4) is 0 Å². The van der Waals surface area contributed by atoms with Gasteiger partial charge in [0.25, 0.3) is 0 Å². The zero-order valence-electron chi connectivity index (χ0n) is 13.5. The van der Waals surface area contributed by atoms with E-state index in [1.807, 2.05) is 25.1 Å². The van der Waals surface area contributed by atoms with E-state index >= 15 is 0 Å². The lowest BCUT2D eigenvalue weighted by Crippen LogP contribution is -2.44. The van der Waals surface area contributed by atoms with Crippen molar-refractivity contribution >= 4 is 44.0 Å². The maximum Gasteiger partial charge on any atom is 0.242 e. The number of benzene rings is 1. The minimum absolute atomic E-state index is 0. The Morgan fingerprint density at radius 2 is 1.96 bits per heavy atom. The monoisotopic (exact) mass is 425 g/mol. The Balaban J connectivity index is 0.00000264. The Morgan fingerprint density at radius 3 is 2.48 bits per heavy atom. The second kappa shape index (κ2) is 8.67. The van der Waals surface area contributed by atoms with Crippen LogP contribution in [0.25, 0.3) is 0 Å². The number of rotatable bonds is 6. The first-order valence-corrected chi connectivity index (χ1v) is 9.82. The van der Waals surface area contributed by atoms with Crippen LogP contribution >= 0.6 is 28.3 Å². The van der Waals surface area contributed by atoms with Crippen LogP contribution in [0.4, 0.5) is 5.69 Å². The highest BCUT2D eigenvalue weighted by Crippen LogP contribution is 2.30. The van der Waals surface area contributed by atoms with Gasteiger partial charge in [0.05, 0.1) is 4.90 Å². The van der Waals surface area contributed by atoms with Crippen LogP contribution in [0.2, 0.25) is 0 Å². The third-order valence-electron chi connectivity index (χ3n) is 4.25. The van der Waals surface area contributed by atoms with Gasteiger partial charge in [-0.1, -0.05) is 12.8 Å². The first-order valence-electron chi connectivity index (χ1n) is 7.54. The zero-order valence-corrected chi connectivity index (χ0v) is 16.7. The molecule has 1 aliphatic carbocycles. The molecule has 1 fully saturated rings. The van der Waals surface area contributed by atoms with Crippen molar-refractivity contribution in [1.29, 1.82) is 0 Å². The SMILES string of the molecule is CN(C)c1ccc(Br)c(S(=O)(=O)NC(CN)C2CCCC2)c1.Cl. The van der Waals surface area contributed by atoms with Gasteiger partial charge in [-0.15, -0.1) is 12.4 Å². The molecule has 23 heavy (non-hydrogen) atoms. The predicted octanol–water partition coefficient (Wildman–Crippen LogP) is 2.73. The maximum absolute atomic E-state index is 12.7. The molecule has 0 bridgehead atoms. The summed E-state index contributed by atoms with van der Waals surface area (Å²) >= 11 is 3.34. The number of nitrogens with two attached hydrogens (primary N) is 1. The van der Waals surface area contributed by atoms with Gasteiger partial charge in [0.15, 0.2) is 0 Å². The third-order valence-corrected chi connectivity index (χ3v) is 6.73. The second-order valence-corrected chi connectivity index (χ2v) is 8.55. The van der Waals surface area contributed by atoms with Crippen LogP contribution in [0.15, 0.2) is 27.6 Å². The van der Waals surface area contributed by atoms with Gasteiger partial charge in [-0.25, -0.2) is 13.1 Å². The normalized spacial score (nSPS) is 16.9. The van der Waals surface area contributed by atoms with Gasteiger partial charge in [0.2, 0.25) is 10.0 Å². The Bertz CT molecular complexity index is 619. The van der Waals surface area contributed by atoms with E-state index < -0.39 is 10.0 Å². The maximum atomic E-state index is 12.7. The number of hydrogen-bond donors (Lipinski definition) is 2. The highest BCUT2D eigenvalue weighted by Gasteiger charge is 2.29. The Hall–Kier alpha value is -0.340. The van der Waals surface area contributed by atoms with E-state index in [1.54, 1.807) is 12.1 Å². The van der Waals surface area contributed by atoms with Gasteiger partial charge >= 0.3 is 0 Å². The summed E-state index contributed by atoms with van der Waals surface area (Å²) in [6.45, 7) is 0.328. The van der Waals surface area contributed by atoms with Gasteiger partial charge in [0, 0.05) is 36.8 Å². The Morgan fingerprint density at radius 1 is 1.35 bits per heavy atom. The molecule has 8 heteroatoms. The summed E-state index contributed by atoms with van der Waals surface area (Å²) in [4.78, 5) is 2.14. The molecule has 1 saturated carbocycles. The molecule has 0 saturated heterocycles. The highest BCUT2D eigenvalue weighted by atomic mass is 79.9. The standard InChI is InChI=1S/C15H24BrN3O2S.ClH/c1-19(2)12-7-8-13(16)15(9-12)22(20,21)18-14(10-17)11-5-3-4-6-11;/h7-9,11,14,18H,3-6,10,17H2,1-2H3;1H. The lowest BCUT2D eigenvalue weighted by atomic mass is 9.99. The van der Waals surface area contributed by atoms with Crippen LogP contribution in [0, 0.1) is 5.92 Å². The molecular formula is C15H25BrClN3O2S. The third kappa shape index (κ3) is 5.06. The van der Waals surface area contributed by atoms with Crippen molar-refractivity contribution in [2.24, 2.45) is 11.7 Å². The van der Waals surface area contributed by atoms with Gasteiger partial charge < -0.3 is 10.6 Å². The molecule has 1 unspecified atom stereocenters. The minimum atomic E-state index is -3.60. The summed E-state index contributed by atoms with van der Waals surface area (Å²) in [6, 6.07) is 5.12. The van der Waals surface area contributed by atoms with Crippen molar-refractivity contribution in [1.82, 2.24) is 4.72 Å². The van der Waals surface area contributed by atoms with Crippen molar-refractivity contribution in [2.75, 3.05) is 25.5 Å². The molecule has 0 radical (unpaired) electrons. The van der Waals surface area contributed by atoms with Crippen LogP contribution in [0.5, 0.6) is 0 Å². The highest BCUT2D eigenvalue weighted by molar-refractivity contribution is 9.10. The van der Waals surface area contributed by atoms with Crippen molar-refractivity contribution in [2.45, 2.75) is 36.6 Å². The fourth-order valence-electron chi connectivity index (χ4n) is 2.94. The molecule has 0 aliphatic heterocycles. The Labute approximate surface area is 153 Å². The van der Waals surface area contributed by atoms with E-state index in [4.69, 9.17) is 5.73 Å². The van der Waals surface area contributed by atoms with E-state index in [1.165, 1.54) is 0 Å². The summed E-state index contributed by atoms with van der Waals surface area (Å²) in [7, 11) is 0.167. The summed E-state index contributed by atoms with van der Waals surface area (Å²) in [5, 5.41) is 0. The van der Waals surface area contributed by atoms with Gasteiger partial charge in [-0.3, -0.25) is 0 Å². The molecule has 0 heterocycles. The lowest BCUT2D eigenvalue weighted by molar-refractivity contribution is 0.405. The van der Waals surface area contributed by atoms with Crippen molar-refractivity contribution in [3.05, 3.63) is 22.7 Å². The van der Waals surface area contributed by atoms with Crippen LogP contribution in [-0.2, 0) is 10.0 Å². The van der Waals surface area contributed by atoms with E-state index in [0.29, 0.717) is 16.9 Å². The van der Waals surface area contributed by atoms with Crippen LogP contribution < -0.4 is 15.4 Å². The smallest absolute Gasteiger partial charge is 0.242 e. The first-order chi connectivity index (χ1) is 10.3. The number of halogens is 2. The van der Waals surface area contributed by atoms with Crippen molar-refractivity contribution < 1.29 is 8.42 Å². The molecule has 3 N–H and O–H groups in total. The first kappa shape index (κ1) is 20.7. The number of anilines is 1. The zero-order chi connectivity index (χ0) is 16.3. The lowest BCUT2D eigenvalue weighted by Gasteiger charge is -2.23. The summed E-state index contributed by atoms with van der Waals surface area (Å²) < 4.78 is 28.8. The largest absolute Gasteiger partial charge is 0.378 e. The molecule has 0 spiro atoms. The van der Waals surface area contributed by atoms with Crippen molar-refractivity contribution in [3.8, 4) is 0 Å². The molecule has 1 atom stereocenters. The van der Waals surface area contributed by atoms with E-state index in [-0.39, 0.29) is 23.3 Å². The quantitative estimate of drug-likeness (QED) is 0.733. The molecule has 0 aromatic heterocycles. The van der Waals surface area contributed by atoms with Crippen LogP contribution in [0.1, 0.15) is 25.7 Å². The summed E-state index contributed by atoms with van der Waals surface area (Å²) in [5.74, 6) is 0.343.